The molecule has 4 heteroatoms. The maximum absolute atomic E-state index is 11.7. The van der Waals surface area contributed by atoms with Crippen LogP contribution in [0.15, 0.2) is 0 Å². The van der Waals surface area contributed by atoms with Gasteiger partial charge in [-0.1, -0.05) is 12.8 Å². The molecule has 0 aliphatic heterocycles. The van der Waals surface area contributed by atoms with Gasteiger partial charge in [0.15, 0.2) is 0 Å². The maximum atomic E-state index is 11.7. The predicted octanol–water partition coefficient (Wildman–Crippen LogP) is 1.40. The van der Waals surface area contributed by atoms with E-state index in [1.807, 2.05) is 13.8 Å². The first-order chi connectivity index (χ1) is 7.02. The summed E-state index contributed by atoms with van der Waals surface area (Å²) in [6.07, 6.45) is 3.21. The normalized spacial score (nSPS) is 26.3. The fourth-order valence-corrected chi connectivity index (χ4v) is 2.13. The molecule has 0 spiro atoms. The average Bonchev–Trinajstić information content (AvgIpc) is 2.16. The molecule has 15 heavy (non-hydrogen) atoms. The molecular weight excluding hydrogens is 194 g/mol. The third kappa shape index (κ3) is 3.22. The van der Waals surface area contributed by atoms with Crippen LogP contribution in [-0.4, -0.2) is 23.0 Å². The molecule has 0 aromatic carbocycles. The Morgan fingerprint density at radius 1 is 1.20 bits per heavy atom. The van der Waals surface area contributed by atoms with Crippen molar-refractivity contribution in [3.8, 4) is 0 Å². The number of nitrogens with one attached hydrogen (secondary N) is 1. The second-order valence-corrected chi connectivity index (χ2v) is 4.50. The SMILES string of the molecule is CC(C)NC(=O)[C@H]1CCCC[C@H]1C(=O)O. The van der Waals surface area contributed by atoms with Crippen LogP contribution in [0.1, 0.15) is 39.5 Å². The summed E-state index contributed by atoms with van der Waals surface area (Å²) in [5.74, 6) is -1.76. The van der Waals surface area contributed by atoms with Crippen LogP contribution in [0.2, 0.25) is 0 Å². The Morgan fingerprint density at radius 3 is 2.20 bits per heavy atom. The third-order valence-corrected chi connectivity index (χ3v) is 2.85. The standard InChI is InChI=1S/C11H19NO3/c1-7(2)12-10(13)8-5-3-4-6-9(8)11(14)15/h7-9H,3-6H2,1-2H3,(H,12,13)(H,14,15)/t8-,9+/m0/s1. The van der Waals surface area contributed by atoms with Crippen molar-refractivity contribution in [2.75, 3.05) is 0 Å². The number of rotatable bonds is 3. The molecule has 0 bridgehead atoms. The quantitative estimate of drug-likeness (QED) is 0.744. The highest BCUT2D eigenvalue weighted by molar-refractivity contribution is 5.85. The van der Waals surface area contributed by atoms with Gasteiger partial charge >= 0.3 is 5.97 Å². The summed E-state index contributed by atoms with van der Waals surface area (Å²) in [5.41, 5.74) is 0. The molecule has 2 N–H and O–H groups in total. The van der Waals surface area contributed by atoms with E-state index >= 15 is 0 Å². The van der Waals surface area contributed by atoms with Gasteiger partial charge in [-0.25, -0.2) is 0 Å². The van der Waals surface area contributed by atoms with E-state index in [1.54, 1.807) is 0 Å². The van der Waals surface area contributed by atoms with Crippen LogP contribution in [0.4, 0.5) is 0 Å². The number of hydrogen-bond donors (Lipinski definition) is 2. The largest absolute Gasteiger partial charge is 0.481 e. The van der Waals surface area contributed by atoms with E-state index in [2.05, 4.69) is 5.32 Å². The van der Waals surface area contributed by atoms with Crippen LogP contribution in [0.3, 0.4) is 0 Å². The monoisotopic (exact) mass is 213 g/mol. The molecule has 1 rings (SSSR count). The summed E-state index contributed by atoms with van der Waals surface area (Å²) in [4.78, 5) is 22.7. The van der Waals surface area contributed by atoms with E-state index in [4.69, 9.17) is 5.11 Å². The molecule has 0 saturated heterocycles. The Morgan fingerprint density at radius 2 is 1.73 bits per heavy atom. The minimum atomic E-state index is -0.835. The number of aliphatic carboxylic acids is 1. The molecule has 0 aromatic heterocycles. The third-order valence-electron chi connectivity index (χ3n) is 2.85. The molecular formula is C11H19NO3. The van der Waals surface area contributed by atoms with Gasteiger partial charge in [-0.15, -0.1) is 0 Å². The number of amides is 1. The van der Waals surface area contributed by atoms with E-state index in [-0.39, 0.29) is 17.9 Å². The lowest BCUT2D eigenvalue weighted by Crippen LogP contribution is -2.42. The van der Waals surface area contributed by atoms with Crippen molar-refractivity contribution >= 4 is 11.9 Å². The maximum Gasteiger partial charge on any atom is 0.307 e. The topological polar surface area (TPSA) is 66.4 Å². The summed E-state index contributed by atoms with van der Waals surface area (Å²) in [5, 5.41) is 11.8. The highest BCUT2D eigenvalue weighted by atomic mass is 16.4. The number of carbonyl (C=O) groups excluding carboxylic acids is 1. The van der Waals surface area contributed by atoms with Crippen LogP contribution < -0.4 is 5.32 Å². The molecule has 0 aromatic rings. The summed E-state index contributed by atoms with van der Waals surface area (Å²) < 4.78 is 0. The van der Waals surface area contributed by atoms with Crippen molar-refractivity contribution in [1.82, 2.24) is 5.32 Å². The molecule has 4 nitrogen and oxygen atoms in total. The van der Waals surface area contributed by atoms with Gasteiger partial charge in [0, 0.05) is 6.04 Å². The molecule has 0 radical (unpaired) electrons. The van der Waals surface area contributed by atoms with E-state index in [0.29, 0.717) is 12.8 Å². The van der Waals surface area contributed by atoms with Gasteiger partial charge in [-0.2, -0.15) is 0 Å². The van der Waals surface area contributed by atoms with Crippen molar-refractivity contribution in [2.24, 2.45) is 11.8 Å². The number of carboxylic acid groups (broad SMARTS) is 1. The van der Waals surface area contributed by atoms with E-state index in [1.165, 1.54) is 0 Å². The molecule has 0 unspecified atom stereocenters. The number of carboxylic acids is 1. The molecule has 1 saturated carbocycles. The van der Waals surface area contributed by atoms with Gasteiger partial charge in [-0.3, -0.25) is 9.59 Å². The van der Waals surface area contributed by atoms with Crippen LogP contribution in [0.5, 0.6) is 0 Å². The second-order valence-electron chi connectivity index (χ2n) is 4.50. The van der Waals surface area contributed by atoms with Gasteiger partial charge in [-0.05, 0) is 26.7 Å². The minimum Gasteiger partial charge on any atom is -0.481 e. The van der Waals surface area contributed by atoms with Crippen LogP contribution >= 0.6 is 0 Å². The fourth-order valence-electron chi connectivity index (χ4n) is 2.13. The van der Waals surface area contributed by atoms with Crippen molar-refractivity contribution in [2.45, 2.75) is 45.6 Å². The molecule has 0 heterocycles. The Hall–Kier alpha value is -1.06. The van der Waals surface area contributed by atoms with Crippen LogP contribution in [-0.2, 0) is 9.59 Å². The average molecular weight is 213 g/mol. The van der Waals surface area contributed by atoms with Crippen LogP contribution in [0, 0.1) is 11.8 Å². The zero-order chi connectivity index (χ0) is 11.4. The number of hydrogen-bond acceptors (Lipinski definition) is 2. The first-order valence-corrected chi connectivity index (χ1v) is 5.55. The van der Waals surface area contributed by atoms with E-state index in [0.717, 1.165) is 12.8 Å². The summed E-state index contributed by atoms with van der Waals surface area (Å²) >= 11 is 0. The number of carbonyl (C=O) groups is 2. The van der Waals surface area contributed by atoms with Gasteiger partial charge < -0.3 is 10.4 Å². The lowest BCUT2D eigenvalue weighted by Gasteiger charge is -2.28. The lowest BCUT2D eigenvalue weighted by molar-refractivity contribution is -0.149. The fraction of sp³-hybridized carbons (Fsp3) is 0.818. The smallest absolute Gasteiger partial charge is 0.307 e. The minimum absolute atomic E-state index is 0.0777. The molecule has 1 aliphatic carbocycles. The highest BCUT2D eigenvalue weighted by Gasteiger charge is 2.35. The van der Waals surface area contributed by atoms with Crippen molar-refractivity contribution in [3.05, 3.63) is 0 Å². The van der Waals surface area contributed by atoms with E-state index in [9.17, 15) is 9.59 Å². The second kappa shape index (κ2) is 5.14. The predicted molar refractivity (Wildman–Crippen MR) is 56.4 cm³/mol. The van der Waals surface area contributed by atoms with Gasteiger partial charge in [0.1, 0.15) is 0 Å². The first-order valence-electron chi connectivity index (χ1n) is 5.55. The van der Waals surface area contributed by atoms with Crippen molar-refractivity contribution in [1.29, 1.82) is 0 Å². The molecule has 1 aliphatic rings. The Balaban J connectivity index is 2.63. The Kier molecular flexibility index (Phi) is 4.12. The van der Waals surface area contributed by atoms with Crippen molar-refractivity contribution in [3.63, 3.8) is 0 Å². The van der Waals surface area contributed by atoms with E-state index < -0.39 is 11.9 Å². The summed E-state index contributed by atoms with van der Waals surface area (Å²) in [6.45, 7) is 3.77. The van der Waals surface area contributed by atoms with Gasteiger partial charge in [0.2, 0.25) is 5.91 Å². The lowest BCUT2D eigenvalue weighted by atomic mass is 9.78. The Bertz CT molecular complexity index is 250. The van der Waals surface area contributed by atoms with Crippen molar-refractivity contribution < 1.29 is 14.7 Å². The highest BCUT2D eigenvalue weighted by Crippen LogP contribution is 2.30. The zero-order valence-corrected chi connectivity index (χ0v) is 9.32. The summed E-state index contributed by atoms with van der Waals surface area (Å²) in [7, 11) is 0. The van der Waals surface area contributed by atoms with Crippen LogP contribution in [0.25, 0.3) is 0 Å². The first kappa shape index (κ1) is 12.0. The summed E-state index contributed by atoms with van der Waals surface area (Å²) in [6, 6.07) is 0.0777. The molecule has 2 atom stereocenters. The van der Waals surface area contributed by atoms with Gasteiger partial charge in [0.25, 0.3) is 0 Å². The van der Waals surface area contributed by atoms with Gasteiger partial charge in [0.05, 0.1) is 11.8 Å². The molecule has 1 amide bonds. The zero-order valence-electron chi connectivity index (χ0n) is 9.32. The molecule has 1 fully saturated rings. The Labute approximate surface area is 90.0 Å². The molecule has 86 valence electrons.